The van der Waals surface area contributed by atoms with E-state index >= 15 is 0 Å². The quantitative estimate of drug-likeness (QED) is 0.455. The molecule has 5 rings (SSSR count). The Labute approximate surface area is 185 Å². The summed E-state index contributed by atoms with van der Waals surface area (Å²) in [6.07, 6.45) is 5.45. The molecule has 3 heterocycles. The van der Waals surface area contributed by atoms with Crippen molar-refractivity contribution >= 4 is 11.2 Å². The van der Waals surface area contributed by atoms with Gasteiger partial charge in [-0.1, -0.05) is 62.4 Å². The molecule has 0 aliphatic rings. The van der Waals surface area contributed by atoms with E-state index < -0.39 is 0 Å². The maximum Gasteiger partial charge on any atom is 0.328 e. The molecule has 5 aromatic rings. The standard InChI is InChI=1S/C25H24N6O/c1-16(2)19-6-4-5-7-20(19)23-26-12-21-24(29-23)31(25(32)28-21)13-17-8-10-18(11-9-17)22-14-30(3)15-27-22/h4-12,14-16H,13H2,1-3H3,(H,28,32). The number of H-pyrrole nitrogens is 1. The maximum atomic E-state index is 12.7. The average molecular weight is 425 g/mol. The lowest BCUT2D eigenvalue weighted by atomic mass is 9.97. The average Bonchev–Trinajstić information content (AvgIpc) is 3.37. The van der Waals surface area contributed by atoms with Crippen molar-refractivity contribution in [3.63, 3.8) is 0 Å². The monoisotopic (exact) mass is 424 g/mol. The van der Waals surface area contributed by atoms with Crippen LogP contribution in [0.25, 0.3) is 33.8 Å². The van der Waals surface area contributed by atoms with Gasteiger partial charge in [-0.3, -0.25) is 4.57 Å². The fraction of sp³-hybridized carbons (Fsp3) is 0.200. The van der Waals surface area contributed by atoms with Gasteiger partial charge in [0.25, 0.3) is 0 Å². The number of aromatic nitrogens is 6. The number of fused-ring (bicyclic) bond motifs is 1. The Bertz CT molecular complexity index is 1460. The molecule has 0 saturated heterocycles. The van der Waals surface area contributed by atoms with Crippen molar-refractivity contribution in [2.75, 3.05) is 0 Å². The predicted molar refractivity (Wildman–Crippen MR) is 125 cm³/mol. The van der Waals surface area contributed by atoms with Gasteiger partial charge in [0.1, 0.15) is 5.52 Å². The van der Waals surface area contributed by atoms with Gasteiger partial charge in [0.2, 0.25) is 0 Å². The largest absolute Gasteiger partial charge is 0.340 e. The second-order valence-corrected chi connectivity index (χ2v) is 8.31. The Morgan fingerprint density at radius 3 is 2.53 bits per heavy atom. The van der Waals surface area contributed by atoms with Gasteiger partial charge in [-0.2, -0.15) is 0 Å². The molecule has 0 aliphatic heterocycles. The number of hydrogen-bond donors (Lipinski definition) is 1. The Morgan fingerprint density at radius 1 is 1.03 bits per heavy atom. The lowest BCUT2D eigenvalue weighted by Gasteiger charge is -2.11. The van der Waals surface area contributed by atoms with Gasteiger partial charge in [-0.05, 0) is 17.0 Å². The second-order valence-electron chi connectivity index (χ2n) is 8.31. The lowest BCUT2D eigenvalue weighted by Crippen LogP contribution is -2.17. The molecule has 32 heavy (non-hydrogen) atoms. The van der Waals surface area contributed by atoms with Gasteiger partial charge < -0.3 is 9.55 Å². The van der Waals surface area contributed by atoms with Crippen LogP contribution < -0.4 is 5.69 Å². The molecule has 0 saturated carbocycles. The Kier molecular flexibility index (Phi) is 4.93. The fourth-order valence-corrected chi connectivity index (χ4v) is 3.95. The molecule has 0 radical (unpaired) electrons. The molecule has 0 bridgehead atoms. The summed E-state index contributed by atoms with van der Waals surface area (Å²) in [6.45, 7) is 4.72. The van der Waals surface area contributed by atoms with E-state index in [1.807, 2.05) is 60.3 Å². The third-order valence-corrected chi connectivity index (χ3v) is 5.63. The van der Waals surface area contributed by atoms with E-state index in [4.69, 9.17) is 4.98 Å². The summed E-state index contributed by atoms with van der Waals surface area (Å²) in [5, 5.41) is 0. The topological polar surface area (TPSA) is 81.4 Å². The van der Waals surface area contributed by atoms with Crippen LogP contribution in [0.5, 0.6) is 0 Å². The highest BCUT2D eigenvalue weighted by Crippen LogP contribution is 2.27. The number of aryl methyl sites for hydroxylation is 1. The molecule has 7 nitrogen and oxygen atoms in total. The number of nitrogens with zero attached hydrogens (tertiary/aromatic N) is 5. The third-order valence-electron chi connectivity index (χ3n) is 5.63. The molecule has 0 fully saturated rings. The van der Waals surface area contributed by atoms with Crippen molar-refractivity contribution in [3.05, 3.63) is 88.9 Å². The third kappa shape index (κ3) is 3.62. The summed E-state index contributed by atoms with van der Waals surface area (Å²) in [7, 11) is 1.95. The zero-order chi connectivity index (χ0) is 22.2. The van der Waals surface area contributed by atoms with E-state index in [0.29, 0.717) is 29.5 Å². The second kappa shape index (κ2) is 7.92. The highest BCUT2D eigenvalue weighted by molar-refractivity contribution is 5.74. The first kappa shape index (κ1) is 19.9. The van der Waals surface area contributed by atoms with Crippen molar-refractivity contribution in [1.82, 2.24) is 29.1 Å². The molecule has 160 valence electrons. The lowest BCUT2D eigenvalue weighted by molar-refractivity contribution is 0.777. The van der Waals surface area contributed by atoms with Gasteiger partial charge in [0.15, 0.2) is 11.5 Å². The molecule has 0 aliphatic carbocycles. The van der Waals surface area contributed by atoms with Crippen LogP contribution in [0, 0.1) is 0 Å². The van der Waals surface area contributed by atoms with Crippen LogP contribution in [0.1, 0.15) is 30.9 Å². The zero-order valence-electron chi connectivity index (χ0n) is 18.3. The summed E-state index contributed by atoms with van der Waals surface area (Å²) in [4.78, 5) is 29.3. The van der Waals surface area contributed by atoms with E-state index in [-0.39, 0.29) is 5.69 Å². The van der Waals surface area contributed by atoms with Gasteiger partial charge in [-0.25, -0.2) is 19.7 Å². The van der Waals surface area contributed by atoms with E-state index in [1.54, 1.807) is 17.1 Å². The van der Waals surface area contributed by atoms with Crippen LogP contribution in [0.4, 0.5) is 0 Å². The SMILES string of the molecule is CC(C)c1ccccc1-c1ncc2[nH]c(=O)n(Cc3ccc(-c4cn(C)cn4)cc3)c2n1. The van der Waals surface area contributed by atoms with Crippen molar-refractivity contribution in [3.8, 4) is 22.6 Å². The van der Waals surface area contributed by atoms with Crippen LogP contribution in [0.2, 0.25) is 0 Å². The minimum Gasteiger partial charge on any atom is -0.340 e. The van der Waals surface area contributed by atoms with Crippen LogP contribution in [-0.4, -0.2) is 29.1 Å². The number of rotatable bonds is 5. The molecular formula is C25H24N6O. The summed E-state index contributed by atoms with van der Waals surface area (Å²) >= 11 is 0. The van der Waals surface area contributed by atoms with E-state index in [0.717, 1.165) is 22.4 Å². The van der Waals surface area contributed by atoms with Gasteiger partial charge in [-0.15, -0.1) is 0 Å². The van der Waals surface area contributed by atoms with Crippen LogP contribution in [-0.2, 0) is 13.6 Å². The minimum atomic E-state index is -0.197. The summed E-state index contributed by atoms with van der Waals surface area (Å²) < 4.78 is 3.58. The van der Waals surface area contributed by atoms with Gasteiger partial charge >= 0.3 is 5.69 Å². The van der Waals surface area contributed by atoms with Gasteiger partial charge in [0, 0.05) is 24.4 Å². The van der Waals surface area contributed by atoms with E-state index in [1.165, 1.54) is 5.56 Å². The summed E-state index contributed by atoms with van der Waals surface area (Å²) in [6, 6.07) is 16.2. The van der Waals surface area contributed by atoms with Crippen LogP contribution >= 0.6 is 0 Å². The summed E-state index contributed by atoms with van der Waals surface area (Å²) in [5.41, 5.74) is 6.18. The van der Waals surface area contributed by atoms with E-state index in [2.05, 4.69) is 34.9 Å². The number of imidazole rings is 2. The van der Waals surface area contributed by atoms with Crippen LogP contribution in [0.15, 0.2) is 72.0 Å². The van der Waals surface area contributed by atoms with Crippen LogP contribution in [0.3, 0.4) is 0 Å². The first-order valence-electron chi connectivity index (χ1n) is 10.6. The molecule has 7 heteroatoms. The molecule has 0 unspecified atom stereocenters. The zero-order valence-corrected chi connectivity index (χ0v) is 18.3. The number of benzene rings is 2. The molecule has 1 N–H and O–H groups in total. The highest BCUT2D eigenvalue weighted by Gasteiger charge is 2.15. The summed E-state index contributed by atoms with van der Waals surface area (Å²) in [5.74, 6) is 0.969. The van der Waals surface area contributed by atoms with Gasteiger partial charge in [0.05, 0.1) is 24.8 Å². The highest BCUT2D eigenvalue weighted by atomic mass is 16.1. The Hall–Kier alpha value is -4.00. The molecule has 0 atom stereocenters. The first-order chi connectivity index (χ1) is 15.5. The number of aromatic amines is 1. The number of hydrogen-bond acceptors (Lipinski definition) is 4. The smallest absolute Gasteiger partial charge is 0.328 e. The van der Waals surface area contributed by atoms with Crippen molar-refractivity contribution in [1.29, 1.82) is 0 Å². The first-order valence-corrected chi connectivity index (χ1v) is 10.6. The molecule has 0 spiro atoms. The fourth-order valence-electron chi connectivity index (χ4n) is 3.95. The molecule has 0 amide bonds. The Morgan fingerprint density at radius 2 is 1.81 bits per heavy atom. The normalized spacial score (nSPS) is 11.5. The van der Waals surface area contributed by atoms with Crippen molar-refractivity contribution in [2.45, 2.75) is 26.3 Å². The molecular weight excluding hydrogens is 400 g/mol. The Balaban J connectivity index is 1.51. The minimum absolute atomic E-state index is 0.197. The van der Waals surface area contributed by atoms with Crippen molar-refractivity contribution in [2.24, 2.45) is 7.05 Å². The number of nitrogens with one attached hydrogen (secondary N) is 1. The predicted octanol–water partition coefficient (Wildman–Crippen LogP) is 4.36. The molecule has 2 aromatic carbocycles. The van der Waals surface area contributed by atoms with E-state index in [9.17, 15) is 4.79 Å². The maximum absolute atomic E-state index is 12.7. The van der Waals surface area contributed by atoms with Crippen molar-refractivity contribution < 1.29 is 0 Å². The molecule has 3 aromatic heterocycles.